The number of amides is 3. The number of imide groups is 1. The Hall–Kier alpha value is -3.22. The first-order valence-electron chi connectivity index (χ1n) is 10.8. The molecule has 2 heterocycles. The zero-order chi connectivity index (χ0) is 24.1. The molecule has 1 fully saturated rings. The predicted octanol–water partition coefficient (Wildman–Crippen LogP) is 1.64. The fourth-order valence-electron chi connectivity index (χ4n) is 3.75. The Morgan fingerprint density at radius 2 is 1.68 bits per heavy atom. The number of sulfonamides is 1. The Bertz CT molecular complexity index is 1160. The lowest BCUT2D eigenvalue weighted by Gasteiger charge is -2.21. The molecule has 0 bridgehead atoms. The van der Waals surface area contributed by atoms with E-state index >= 15 is 0 Å². The normalized spacial score (nSPS) is 17.0. The van der Waals surface area contributed by atoms with E-state index in [1.54, 1.807) is 23.1 Å². The molecule has 4 rings (SSSR count). The maximum Gasteiger partial charge on any atom is 0.325 e. The van der Waals surface area contributed by atoms with Crippen molar-refractivity contribution in [3.63, 3.8) is 0 Å². The van der Waals surface area contributed by atoms with E-state index < -0.39 is 27.8 Å². The second-order valence-corrected chi connectivity index (χ2v) is 9.79. The van der Waals surface area contributed by atoms with E-state index in [4.69, 9.17) is 9.47 Å². The number of fused-ring (bicyclic) bond motifs is 1. The molecule has 182 valence electrons. The highest BCUT2D eigenvalue weighted by Gasteiger charge is 2.27. The molecule has 0 radical (unpaired) electrons. The van der Waals surface area contributed by atoms with Crippen molar-refractivity contribution in [1.29, 1.82) is 0 Å². The van der Waals surface area contributed by atoms with Crippen LogP contribution in [0.4, 0.5) is 14.9 Å². The number of rotatable bonds is 5. The minimum atomic E-state index is -3.76. The van der Waals surface area contributed by atoms with E-state index in [9.17, 15) is 22.4 Å². The van der Waals surface area contributed by atoms with Crippen molar-refractivity contribution in [1.82, 2.24) is 14.5 Å². The average molecular weight is 493 g/mol. The minimum absolute atomic E-state index is 0.0240. The summed E-state index contributed by atoms with van der Waals surface area (Å²) < 4.78 is 51.0. The van der Waals surface area contributed by atoms with Crippen LogP contribution in [-0.2, 0) is 14.8 Å². The maximum absolute atomic E-state index is 13.1. The number of carbonyl (C=O) groups excluding carboxylic acids is 2. The molecule has 2 aliphatic rings. The van der Waals surface area contributed by atoms with Gasteiger partial charge in [-0.05, 0) is 49.4 Å². The molecule has 0 saturated carbocycles. The van der Waals surface area contributed by atoms with E-state index in [-0.39, 0.29) is 24.5 Å². The van der Waals surface area contributed by atoms with Gasteiger partial charge in [0.2, 0.25) is 15.9 Å². The molecule has 0 unspecified atom stereocenters. The van der Waals surface area contributed by atoms with Crippen LogP contribution in [0.2, 0.25) is 0 Å². The van der Waals surface area contributed by atoms with Crippen molar-refractivity contribution in [3.05, 3.63) is 48.3 Å². The zero-order valence-electron chi connectivity index (χ0n) is 18.3. The highest BCUT2D eigenvalue weighted by molar-refractivity contribution is 7.89. The summed E-state index contributed by atoms with van der Waals surface area (Å²) in [5.41, 5.74) is 0.450. The second kappa shape index (κ2) is 10.4. The van der Waals surface area contributed by atoms with Gasteiger partial charge in [0.15, 0.2) is 11.5 Å². The number of carbonyl (C=O) groups is 2. The summed E-state index contributed by atoms with van der Waals surface area (Å²) in [6.45, 7) is 2.09. The van der Waals surface area contributed by atoms with Gasteiger partial charge in [0.25, 0.3) is 0 Å². The summed E-state index contributed by atoms with van der Waals surface area (Å²) in [5, 5.41) is 4.86. The quantitative estimate of drug-likeness (QED) is 0.652. The molecule has 0 spiro atoms. The molecule has 12 heteroatoms. The molecule has 0 aliphatic carbocycles. The van der Waals surface area contributed by atoms with Crippen LogP contribution in [0.1, 0.15) is 6.42 Å². The number of nitrogens with one attached hydrogen (secondary N) is 2. The molecular weight excluding hydrogens is 467 g/mol. The molecule has 2 aliphatic heterocycles. The highest BCUT2D eigenvalue weighted by Crippen LogP contribution is 2.32. The largest absolute Gasteiger partial charge is 0.486 e. The number of hydrogen-bond acceptors (Lipinski definition) is 7. The van der Waals surface area contributed by atoms with Crippen molar-refractivity contribution < 1.29 is 31.9 Å². The van der Waals surface area contributed by atoms with Crippen molar-refractivity contribution in [2.75, 3.05) is 51.3 Å². The van der Waals surface area contributed by atoms with Crippen molar-refractivity contribution in [2.24, 2.45) is 0 Å². The highest BCUT2D eigenvalue weighted by atomic mass is 32.2. The summed E-state index contributed by atoms with van der Waals surface area (Å²) in [7, 11) is -3.76. The summed E-state index contributed by atoms with van der Waals surface area (Å²) in [4.78, 5) is 26.4. The first-order chi connectivity index (χ1) is 16.3. The molecule has 2 aromatic rings. The van der Waals surface area contributed by atoms with Gasteiger partial charge in [-0.15, -0.1) is 0 Å². The Balaban J connectivity index is 1.27. The smallest absolute Gasteiger partial charge is 0.325 e. The van der Waals surface area contributed by atoms with Gasteiger partial charge in [-0.2, -0.15) is 4.31 Å². The molecule has 3 amide bonds. The second-order valence-electron chi connectivity index (χ2n) is 7.85. The maximum atomic E-state index is 13.1. The Labute approximate surface area is 196 Å². The van der Waals surface area contributed by atoms with E-state index in [0.29, 0.717) is 49.9 Å². The topological polar surface area (TPSA) is 117 Å². The molecule has 0 atom stereocenters. The Morgan fingerprint density at radius 1 is 0.941 bits per heavy atom. The van der Waals surface area contributed by atoms with Crippen LogP contribution in [0.5, 0.6) is 11.5 Å². The summed E-state index contributed by atoms with van der Waals surface area (Å²) in [5.74, 6) is 0.0833. The first kappa shape index (κ1) is 23.9. The number of anilines is 1. The van der Waals surface area contributed by atoms with E-state index in [2.05, 4.69) is 10.6 Å². The lowest BCUT2D eigenvalue weighted by Crippen LogP contribution is -2.43. The SMILES string of the molecule is O=C(CN1CCCN(S(=O)(=O)c2ccc(F)cc2)CC1)NC(=O)Nc1ccc2c(c1)OCCO2. The molecule has 2 aromatic carbocycles. The Kier molecular flexibility index (Phi) is 7.29. The number of ether oxygens (including phenoxy) is 2. The van der Waals surface area contributed by atoms with E-state index in [1.807, 2.05) is 0 Å². The molecular formula is C22H25FN4O6S. The van der Waals surface area contributed by atoms with Crippen LogP contribution in [0.15, 0.2) is 47.4 Å². The minimum Gasteiger partial charge on any atom is -0.486 e. The van der Waals surface area contributed by atoms with Gasteiger partial charge in [-0.1, -0.05) is 0 Å². The number of halogens is 1. The Morgan fingerprint density at radius 3 is 2.44 bits per heavy atom. The number of nitrogens with zero attached hydrogens (tertiary/aromatic N) is 2. The lowest BCUT2D eigenvalue weighted by atomic mass is 10.2. The first-order valence-corrected chi connectivity index (χ1v) is 12.2. The third kappa shape index (κ3) is 5.82. The fourth-order valence-corrected chi connectivity index (χ4v) is 5.22. The lowest BCUT2D eigenvalue weighted by molar-refractivity contribution is -0.121. The summed E-state index contributed by atoms with van der Waals surface area (Å²) >= 11 is 0. The molecule has 2 N–H and O–H groups in total. The van der Waals surface area contributed by atoms with Crippen molar-refractivity contribution >= 4 is 27.6 Å². The van der Waals surface area contributed by atoms with Gasteiger partial charge in [-0.3, -0.25) is 15.0 Å². The van der Waals surface area contributed by atoms with Crippen molar-refractivity contribution in [2.45, 2.75) is 11.3 Å². The third-order valence-corrected chi connectivity index (χ3v) is 7.33. The third-order valence-electron chi connectivity index (χ3n) is 5.42. The van der Waals surface area contributed by atoms with Gasteiger partial charge in [0, 0.05) is 31.4 Å². The predicted molar refractivity (Wildman–Crippen MR) is 121 cm³/mol. The van der Waals surface area contributed by atoms with E-state index in [1.165, 1.54) is 16.4 Å². The standard InChI is InChI=1S/C22H25FN4O6S/c23-16-2-5-18(6-3-16)34(30,31)27-9-1-8-26(10-11-27)15-21(28)25-22(29)24-17-4-7-19-20(14-17)33-13-12-32-19/h2-7,14H,1,8-13,15H2,(H2,24,25,28,29). The molecule has 10 nitrogen and oxygen atoms in total. The number of urea groups is 1. The average Bonchev–Trinajstić information content (AvgIpc) is 3.05. The van der Waals surface area contributed by atoms with Gasteiger partial charge in [-0.25, -0.2) is 17.6 Å². The van der Waals surface area contributed by atoms with Gasteiger partial charge in [0.05, 0.1) is 11.4 Å². The van der Waals surface area contributed by atoms with Crippen LogP contribution in [0.25, 0.3) is 0 Å². The van der Waals surface area contributed by atoms with Crippen LogP contribution < -0.4 is 20.1 Å². The number of benzene rings is 2. The summed E-state index contributed by atoms with van der Waals surface area (Å²) in [6.07, 6.45) is 0.511. The van der Waals surface area contributed by atoms with Gasteiger partial charge in [0.1, 0.15) is 19.0 Å². The molecule has 1 saturated heterocycles. The van der Waals surface area contributed by atoms with Gasteiger partial charge < -0.3 is 14.8 Å². The fraction of sp³-hybridized carbons (Fsp3) is 0.364. The molecule has 0 aromatic heterocycles. The van der Waals surface area contributed by atoms with Crippen LogP contribution >= 0.6 is 0 Å². The van der Waals surface area contributed by atoms with Gasteiger partial charge >= 0.3 is 6.03 Å². The molecule has 34 heavy (non-hydrogen) atoms. The van der Waals surface area contributed by atoms with Crippen molar-refractivity contribution in [3.8, 4) is 11.5 Å². The van der Waals surface area contributed by atoms with Crippen LogP contribution in [0.3, 0.4) is 0 Å². The van der Waals surface area contributed by atoms with E-state index in [0.717, 1.165) is 12.1 Å². The number of hydrogen-bond donors (Lipinski definition) is 2. The van der Waals surface area contributed by atoms with Crippen LogP contribution in [-0.4, -0.2) is 75.5 Å². The monoisotopic (exact) mass is 492 g/mol. The zero-order valence-corrected chi connectivity index (χ0v) is 19.1. The van der Waals surface area contributed by atoms with Crippen LogP contribution in [0, 0.1) is 5.82 Å². The summed E-state index contributed by atoms with van der Waals surface area (Å²) in [6, 6.07) is 8.94.